The van der Waals surface area contributed by atoms with Gasteiger partial charge in [-0.25, -0.2) is 4.98 Å². The largest absolute Gasteiger partial charge is 0.348 e. The second-order valence-corrected chi connectivity index (χ2v) is 9.83. The van der Waals surface area contributed by atoms with Crippen molar-refractivity contribution < 1.29 is 4.79 Å². The molecular formula is C30H26ClN5O. The summed E-state index contributed by atoms with van der Waals surface area (Å²) in [4.78, 5) is 17.6. The van der Waals surface area contributed by atoms with E-state index < -0.39 is 0 Å². The minimum absolute atomic E-state index is 0.148. The molecule has 7 heteroatoms. The third kappa shape index (κ3) is 4.93. The summed E-state index contributed by atoms with van der Waals surface area (Å²) < 4.78 is 1.87. The molecule has 37 heavy (non-hydrogen) atoms. The van der Waals surface area contributed by atoms with E-state index in [1.54, 1.807) is 0 Å². The third-order valence-corrected chi connectivity index (χ3v) is 7.06. The number of nitrogens with one attached hydrogen (secondary N) is 2. The predicted octanol–water partition coefficient (Wildman–Crippen LogP) is 6.91. The minimum Gasteiger partial charge on any atom is -0.348 e. The zero-order chi connectivity index (χ0) is 25.4. The minimum atomic E-state index is -0.148. The van der Waals surface area contributed by atoms with Gasteiger partial charge in [0.25, 0.3) is 5.91 Å². The molecule has 1 aliphatic rings. The van der Waals surface area contributed by atoms with Gasteiger partial charge in [0.2, 0.25) is 0 Å². The number of benzene rings is 3. The molecule has 5 aromatic rings. The molecule has 6 nitrogen and oxygen atoms in total. The van der Waals surface area contributed by atoms with Gasteiger partial charge in [0.05, 0.1) is 11.4 Å². The monoisotopic (exact) mass is 507 g/mol. The number of rotatable bonds is 7. The molecule has 1 aliphatic carbocycles. The van der Waals surface area contributed by atoms with E-state index in [2.05, 4.69) is 28.8 Å². The second kappa shape index (κ2) is 9.71. The average molecular weight is 508 g/mol. The van der Waals surface area contributed by atoms with Gasteiger partial charge in [0.15, 0.2) is 5.65 Å². The summed E-state index contributed by atoms with van der Waals surface area (Å²) >= 11 is 6.30. The maximum Gasteiger partial charge on any atom is 0.251 e. The molecule has 6 rings (SSSR count). The van der Waals surface area contributed by atoms with Crippen LogP contribution in [0.4, 0.5) is 11.5 Å². The maximum atomic E-state index is 12.8. The lowest BCUT2D eigenvalue weighted by molar-refractivity contribution is 0.0951. The van der Waals surface area contributed by atoms with E-state index in [4.69, 9.17) is 21.7 Å². The Bertz CT molecular complexity index is 1570. The van der Waals surface area contributed by atoms with Crippen LogP contribution in [0.15, 0.2) is 84.9 Å². The fourth-order valence-corrected chi connectivity index (χ4v) is 4.72. The zero-order valence-electron chi connectivity index (χ0n) is 20.4. The van der Waals surface area contributed by atoms with Gasteiger partial charge in [-0.15, -0.1) is 0 Å². The van der Waals surface area contributed by atoms with E-state index in [0.29, 0.717) is 23.0 Å². The number of anilines is 2. The SMILES string of the molecule is Cc1cccc(Cl)c1CNC(=O)c1ccc(Nc2cc(-c3ccccc3)nc3cc(C4CC4)nn23)cc1. The van der Waals surface area contributed by atoms with Crippen molar-refractivity contribution in [3.05, 3.63) is 112 Å². The normalized spacial score (nSPS) is 13.0. The lowest BCUT2D eigenvalue weighted by atomic mass is 10.1. The van der Waals surface area contributed by atoms with E-state index in [-0.39, 0.29) is 5.91 Å². The molecule has 0 aliphatic heterocycles. The van der Waals surface area contributed by atoms with Crippen molar-refractivity contribution in [3.8, 4) is 11.3 Å². The smallest absolute Gasteiger partial charge is 0.251 e. The predicted molar refractivity (Wildman–Crippen MR) is 147 cm³/mol. The van der Waals surface area contributed by atoms with E-state index in [1.165, 1.54) is 12.8 Å². The first kappa shape index (κ1) is 23.3. The number of halogens is 1. The van der Waals surface area contributed by atoms with Crippen molar-refractivity contribution in [1.29, 1.82) is 0 Å². The van der Waals surface area contributed by atoms with Crippen LogP contribution in [-0.2, 0) is 6.54 Å². The van der Waals surface area contributed by atoms with Gasteiger partial charge in [0, 0.05) is 46.4 Å². The molecule has 0 spiro atoms. The van der Waals surface area contributed by atoms with Gasteiger partial charge in [-0.05, 0) is 61.2 Å². The molecule has 2 aromatic heterocycles. The highest BCUT2D eigenvalue weighted by Gasteiger charge is 2.27. The molecule has 1 fully saturated rings. The summed E-state index contributed by atoms with van der Waals surface area (Å²) in [5.41, 5.74) is 7.24. The van der Waals surface area contributed by atoms with E-state index >= 15 is 0 Å². The average Bonchev–Trinajstić information content (AvgIpc) is 3.68. The Morgan fingerprint density at radius 3 is 2.51 bits per heavy atom. The highest BCUT2D eigenvalue weighted by Crippen LogP contribution is 2.40. The number of fused-ring (bicyclic) bond motifs is 1. The molecule has 1 saturated carbocycles. The first-order valence-corrected chi connectivity index (χ1v) is 12.8. The number of amides is 1. The van der Waals surface area contributed by atoms with Crippen LogP contribution in [0.1, 0.15) is 45.9 Å². The lowest BCUT2D eigenvalue weighted by Crippen LogP contribution is -2.23. The number of nitrogens with zero attached hydrogens (tertiary/aromatic N) is 3. The Morgan fingerprint density at radius 2 is 1.78 bits per heavy atom. The summed E-state index contributed by atoms with van der Waals surface area (Å²) in [6, 6.07) is 27.4. The molecular weight excluding hydrogens is 482 g/mol. The van der Waals surface area contributed by atoms with Crippen LogP contribution < -0.4 is 10.6 Å². The van der Waals surface area contributed by atoms with Gasteiger partial charge in [0.1, 0.15) is 5.82 Å². The van der Waals surface area contributed by atoms with E-state index in [0.717, 1.165) is 45.2 Å². The van der Waals surface area contributed by atoms with Gasteiger partial charge in [-0.3, -0.25) is 4.79 Å². The molecule has 0 radical (unpaired) electrons. The van der Waals surface area contributed by atoms with Crippen molar-refractivity contribution in [1.82, 2.24) is 19.9 Å². The molecule has 2 N–H and O–H groups in total. The maximum absolute atomic E-state index is 12.8. The number of aromatic nitrogens is 3. The van der Waals surface area contributed by atoms with Gasteiger partial charge >= 0.3 is 0 Å². The van der Waals surface area contributed by atoms with Crippen molar-refractivity contribution in [2.45, 2.75) is 32.2 Å². The topological polar surface area (TPSA) is 71.3 Å². The fourth-order valence-electron chi connectivity index (χ4n) is 4.43. The van der Waals surface area contributed by atoms with E-state index in [1.807, 2.05) is 78.2 Å². The Hall–Kier alpha value is -4.16. The summed E-state index contributed by atoms with van der Waals surface area (Å²) in [5.74, 6) is 1.20. The van der Waals surface area contributed by atoms with Crippen molar-refractivity contribution in [2.24, 2.45) is 0 Å². The van der Waals surface area contributed by atoms with Crippen LogP contribution in [0.5, 0.6) is 0 Å². The highest BCUT2D eigenvalue weighted by molar-refractivity contribution is 6.31. The summed E-state index contributed by atoms with van der Waals surface area (Å²) in [5, 5.41) is 11.9. The summed E-state index contributed by atoms with van der Waals surface area (Å²) in [7, 11) is 0. The highest BCUT2D eigenvalue weighted by atomic mass is 35.5. The molecule has 3 aromatic carbocycles. The number of aryl methyl sites for hydroxylation is 1. The molecule has 1 amide bonds. The Kier molecular flexibility index (Phi) is 6.10. The molecule has 184 valence electrons. The van der Waals surface area contributed by atoms with Crippen LogP contribution in [0.3, 0.4) is 0 Å². The quantitative estimate of drug-likeness (QED) is 0.251. The molecule has 2 heterocycles. The molecule has 0 atom stereocenters. The third-order valence-electron chi connectivity index (χ3n) is 6.71. The standard InChI is InChI=1S/C30H26ClN5O/c1-19-6-5-9-25(31)24(19)18-32-30(37)22-12-14-23(15-13-22)33-28-16-26(20-7-3-2-4-8-20)34-29-17-27(21-10-11-21)35-36(28)29/h2-9,12-17,21,33H,10-11,18H2,1H3,(H,32,37). The fraction of sp³-hybridized carbons (Fsp3) is 0.167. The van der Waals surface area contributed by atoms with Gasteiger partial charge in [-0.2, -0.15) is 9.61 Å². The number of carbonyl (C=O) groups is 1. The van der Waals surface area contributed by atoms with Crippen LogP contribution in [0.25, 0.3) is 16.9 Å². The second-order valence-electron chi connectivity index (χ2n) is 9.43. The molecule has 0 bridgehead atoms. The molecule has 0 saturated heterocycles. The van der Waals surface area contributed by atoms with Crippen LogP contribution in [0, 0.1) is 6.92 Å². The van der Waals surface area contributed by atoms with Gasteiger partial charge in [-0.1, -0.05) is 54.1 Å². The zero-order valence-corrected chi connectivity index (χ0v) is 21.2. The Labute approximate surface area is 220 Å². The van der Waals surface area contributed by atoms with Gasteiger partial charge < -0.3 is 10.6 Å². The van der Waals surface area contributed by atoms with Crippen LogP contribution >= 0.6 is 11.6 Å². The Morgan fingerprint density at radius 1 is 1.00 bits per heavy atom. The lowest BCUT2D eigenvalue weighted by Gasteiger charge is -2.12. The van der Waals surface area contributed by atoms with Crippen molar-refractivity contribution in [2.75, 3.05) is 5.32 Å². The number of hydrogen-bond acceptors (Lipinski definition) is 4. The Balaban J connectivity index is 1.24. The number of hydrogen-bond donors (Lipinski definition) is 2. The van der Waals surface area contributed by atoms with Crippen LogP contribution in [-0.4, -0.2) is 20.5 Å². The summed E-state index contributed by atoms with van der Waals surface area (Å²) in [6.45, 7) is 2.37. The first-order valence-electron chi connectivity index (χ1n) is 12.4. The first-order chi connectivity index (χ1) is 18.0. The van der Waals surface area contributed by atoms with E-state index in [9.17, 15) is 4.79 Å². The van der Waals surface area contributed by atoms with Crippen molar-refractivity contribution in [3.63, 3.8) is 0 Å². The van der Waals surface area contributed by atoms with Crippen LogP contribution in [0.2, 0.25) is 5.02 Å². The summed E-state index contributed by atoms with van der Waals surface area (Å²) in [6.07, 6.45) is 2.36. The molecule has 0 unspecified atom stereocenters. The number of carbonyl (C=O) groups excluding carboxylic acids is 1. The van der Waals surface area contributed by atoms with Crippen molar-refractivity contribution >= 4 is 34.7 Å².